The molecule has 0 fully saturated rings. The molecule has 7 heavy (non-hydrogen) atoms. The molecule has 0 aliphatic carbocycles. The van der Waals surface area contributed by atoms with Gasteiger partial charge < -0.3 is 0 Å². The number of allylic oxidation sites excluding steroid dienone is 2. The Morgan fingerprint density at radius 2 is 2.00 bits per heavy atom. The number of rotatable bonds is 0. The topological polar surface area (TPSA) is 23.8 Å². The molecule has 0 radical (unpaired) electrons. The molecular weight excluding hydrogens is 154 g/mol. The van der Waals surface area contributed by atoms with Crippen molar-refractivity contribution in [3.8, 4) is 6.07 Å². The second-order valence-electron chi connectivity index (χ2n) is 1.27. The summed E-state index contributed by atoms with van der Waals surface area (Å²) in [7, 11) is 0. The fourth-order valence-electron chi connectivity index (χ4n) is 0.0770. The van der Waals surface area contributed by atoms with E-state index in [1.54, 1.807) is 6.92 Å². The van der Waals surface area contributed by atoms with Crippen LogP contribution in [0.3, 0.4) is 0 Å². The summed E-state index contributed by atoms with van der Waals surface area (Å²) in [5.41, 5.74) is 0.736. The molecule has 0 saturated heterocycles. The quantitative estimate of drug-likeness (QED) is 0.498. The molecule has 0 rings (SSSR count). The predicted octanol–water partition coefficient (Wildman–Crippen LogP) is 2.20. The van der Waals surface area contributed by atoms with Gasteiger partial charge in [0.05, 0.1) is 6.07 Å². The lowest BCUT2D eigenvalue weighted by molar-refractivity contribution is 1.41. The van der Waals surface area contributed by atoms with Gasteiger partial charge >= 0.3 is 0 Å². The van der Waals surface area contributed by atoms with Crippen LogP contribution in [-0.4, -0.2) is 0 Å². The van der Waals surface area contributed by atoms with Crippen molar-refractivity contribution in [2.24, 2.45) is 0 Å². The third-order valence-electron chi connectivity index (χ3n) is 0.684. The fourth-order valence-corrected chi connectivity index (χ4v) is 0.166. The number of hydrogen-bond acceptors (Lipinski definition) is 1. The summed E-state index contributed by atoms with van der Waals surface area (Å²) in [6.45, 7) is 3.61. The van der Waals surface area contributed by atoms with Crippen LogP contribution in [0, 0.1) is 11.3 Å². The minimum atomic E-state index is 0.736. The Labute approximate surface area is 51.8 Å². The van der Waals surface area contributed by atoms with Crippen LogP contribution < -0.4 is 0 Å². The molecule has 0 aliphatic heterocycles. The Balaban J connectivity index is 4.07. The van der Waals surface area contributed by atoms with Crippen molar-refractivity contribution in [1.82, 2.24) is 0 Å². The summed E-state index contributed by atoms with van der Waals surface area (Å²) in [5.74, 6) is 0. The second-order valence-corrected chi connectivity index (χ2v) is 2.46. The standard InChI is InChI=1S/C5H6BrN/c1-4(3-7)5(2)6/h1-2H3. The van der Waals surface area contributed by atoms with Crippen LogP contribution in [0.25, 0.3) is 0 Å². The van der Waals surface area contributed by atoms with Crippen molar-refractivity contribution < 1.29 is 0 Å². The average molecular weight is 160 g/mol. The van der Waals surface area contributed by atoms with Gasteiger partial charge in [-0.25, -0.2) is 0 Å². The van der Waals surface area contributed by atoms with E-state index in [1.807, 2.05) is 13.0 Å². The molecule has 0 unspecified atom stereocenters. The Kier molecular flexibility index (Phi) is 2.70. The van der Waals surface area contributed by atoms with E-state index in [4.69, 9.17) is 5.26 Å². The third-order valence-corrected chi connectivity index (χ3v) is 1.28. The monoisotopic (exact) mass is 159 g/mol. The highest BCUT2D eigenvalue weighted by Crippen LogP contribution is 2.07. The molecule has 2 heteroatoms. The largest absolute Gasteiger partial charge is 0.193 e. The Hall–Kier alpha value is -0.290. The zero-order valence-corrected chi connectivity index (χ0v) is 5.91. The zero-order valence-electron chi connectivity index (χ0n) is 4.33. The van der Waals surface area contributed by atoms with Gasteiger partial charge in [-0.2, -0.15) is 5.26 Å². The van der Waals surface area contributed by atoms with Crippen molar-refractivity contribution in [3.63, 3.8) is 0 Å². The maximum atomic E-state index is 8.17. The molecule has 0 heterocycles. The molecular formula is C5H6BrN. The van der Waals surface area contributed by atoms with Gasteiger partial charge in [-0.1, -0.05) is 15.9 Å². The van der Waals surface area contributed by atoms with E-state index < -0.39 is 0 Å². The summed E-state index contributed by atoms with van der Waals surface area (Å²) in [6.07, 6.45) is 0. The minimum absolute atomic E-state index is 0.736. The maximum Gasteiger partial charge on any atom is 0.0952 e. The number of nitrogens with zero attached hydrogens (tertiary/aromatic N) is 1. The molecule has 0 amide bonds. The minimum Gasteiger partial charge on any atom is -0.193 e. The lowest BCUT2D eigenvalue weighted by Gasteiger charge is -1.82. The highest BCUT2D eigenvalue weighted by Gasteiger charge is 1.85. The molecule has 38 valence electrons. The highest BCUT2D eigenvalue weighted by atomic mass is 79.9. The molecule has 1 nitrogen and oxygen atoms in total. The highest BCUT2D eigenvalue weighted by molar-refractivity contribution is 9.11. The maximum absolute atomic E-state index is 8.17. The summed E-state index contributed by atoms with van der Waals surface area (Å²) in [5, 5.41) is 8.17. The number of hydrogen-bond donors (Lipinski definition) is 0. The normalized spacial score (nSPS) is 12.3. The van der Waals surface area contributed by atoms with Crippen LogP contribution in [0.15, 0.2) is 10.1 Å². The van der Waals surface area contributed by atoms with Gasteiger partial charge in [0.1, 0.15) is 0 Å². The molecule has 0 atom stereocenters. The van der Waals surface area contributed by atoms with Crippen molar-refractivity contribution in [2.75, 3.05) is 0 Å². The lowest BCUT2D eigenvalue weighted by Crippen LogP contribution is -1.66. The number of nitriles is 1. The van der Waals surface area contributed by atoms with Crippen LogP contribution in [-0.2, 0) is 0 Å². The van der Waals surface area contributed by atoms with Gasteiger partial charge in [0, 0.05) is 10.1 Å². The van der Waals surface area contributed by atoms with Gasteiger partial charge in [-0.05, 0) is 13.8 Å². The van der Waals surface area contributed by atoms with Gasteiger partial charge in [-0.15, -0.1) is 0 Å². The second kappa shape index (κ2) is 2.81. The fraction of sp³-hybridized carbons (Fsp3) is 0.400. The molecule has 0 saturated carbocycles. The van der Waals surface area contributed by atoms with Crippen LogP contribution in [0.5, 0.6) is 0 Å². The van der Waals surface area contributed by atoms with Gasteiger partial charge in [0.25, 0.3) is 0 Å². The van der Waals surface area contributed by atoms with Crippen molar-refractivity contribution in [1.29, 1.82) is 5.26 Å². The van der Waals surface area contributed by atoms with Crippen molar-refractivity contribution in [3.05, 3.63) is 10.1 Å². The molecule has 0 spiro atoms. The van der Waals surface area contributed by atoms with E-state index in [-0.39, 0.29) is 0 Å². The van der Waals surface area contributed by atoms with Gasteiger partial charge in [-0.3, -0.25) is 0 Å². The molecule has 0 aromatic carbocycles. The number of halogens is 1. The summed E-state index contributed by atoms with van der Waals surface area (Å²) >= 11 is 3.16. The summed E-state index contributed by atoms with van der Waals surface area (Å²) < 4.78 is 0.912. The predicted molar refractivity (Wildman–Crippen MR) is 32.9 cm³/mol. The van der Waals surface area contributed by atoms with Crippen LogP contribution in [0.4, 0.5) is 0 Å². The van der Waals surface area contributed by atoms with Crippen molar-refractivity contribution in [2.45, 2.75) is 13.8 Å². The Bertz CT molecular complexity index is 126. The van der Waals surface area contributed by atoms with E-state index in [0.717, 1.165) is 10.1 Å². The van der Waals surface area contributed by atoms with E-state index in [0.29, 0.717) is 0 Å². The smallest absolute Gasteiger partial charge is 0.0952 e. The van der Waals surface area contributed by atoms with Crippen molar-refractivity contribution >= 4 is 15.9 Å². The average Bonchev–Trinajstić information content (AvgIpc) is 1.65. The van der Waals surface area contributed by atoms with E-state index >= 15 is 0 Å². The lowest BCUT2D eigenvalue weighted by atomic mass is 10.3. The Morgan fingerprint density at radius 3 is 2.00 bits per heavy atom. The third kappa shape index (κ3) is 2.41. The van der Waals surface area contributed by atoms with E-state index in [1.165, 1.54) is 0 Å². The van der Waals surface area contributed by atoms with Crippen LogP contribution in [0.1, 0.15) is 13.8 Å². The first-order chi connectivity index (χ1) is 3.18. The molecule has 0 aliphatic rings. The zero-order chi connectivity index (χ0) is 5.86. The van der Waals surface area contributed by atoms with Crippen LogP contribution in [0.2, 0.25) is 0 Å². The first-order valence-electron chi connectivity index (χ1n) is 1.91. The first-order valence-corrected chi connectivity index (χ1v) is 2.71. The molecule has 0 aromatic rings. The molecule has 0 N–H and O–H groups in total. The van der Waals surface area contributed by atoms with Crippen LogP contribution >= 0.6 is 15.9 Å². The SMILES string of the molecule is CC(Br)=C(C)C#N. The Morgan fingerprint density at radius 1 is 1.57 bits per heavy atom. The van der Waals surface area contributed by atoms with E-state index in [2.05, 4.69) is 15.9 Å². The summed E-state index contributed by atoms with van der Waals surface area (Å²) in [4.78, 5) is 0. The summed E-state index contributed by atoms with van der Waals surface area (Å²) in [6, 6.07) is 2.00. The molecule has 0 bridgehead atoms. The van der Waals surface area contributed by atoms with E-state index in [9.17, 15) is 0 Å². The molecule has 0 aromatic heterocycles. The van der Waals surface area contributed by atoms with Gasteiger partial charge in [0.15, 0.2) is 0 Å². The first kappa shape index (κ1) is 6.71. The van der Waals surface area contributed by atoms with Gasteiger partial charge in [0.2, 0.25) is 0 Å².